The van der Waals surface area contributed by atoms with Gasteiger partial charge in [-0.1, -0.05) is 13.2 Å². The molecule has 1 aliphatic rings. The first kappa shape index (κ1) is 20.0. The van der Waals surface area contributed by atoms with E-state index in [1.807, 2.05) is 0 Å². The lowest BCUT2D eigenvalue weighted by Gasteiger charge is -2.30. The van der Waals surface area contributed by atoms with E-state index in [0.29, 0.717) is 0 Å². The molecule has 1 fully saturated rings. The zero-order valence-corrected chi connectivity index (χ0v) is 13.9. The first-order chi connectivity index (χ1) is 11.3. The van der Waals surface area contributed by atoms with E-state index in [1.165, 1.54) is 24.2 Å². The summed E-state index contributed by atoms with van der Waals surface area (Å²) < 4.78 is 25.0. The van der Waals surface area contributed by atoms with Crippen LogP contribution in [0.4, 0.5) is 4.39 Å². The summed E-state index contributed by atoms with van der Waals surface area (Å²) in [5.74, 6) is -0.679. The van der Waals surface area contributed by atoms with Gasteiger partial charge >= 0.3 is 5.97 Å². The zero-order valence-electron chi connectivity index (χ0n) is 13.9. The molecule has 0 aromatic rings. The fourth-order valence-electron chi connectivity index (χ4n) is 2.25. The number of Topliss-reactive ketones (excluding diaryl/α,β-unsaturated/α-hetero) is 1. The number of aliphatic imine (C=N–C) groups is 1. The van der Waals surface area contributed by atoms with Gasteiger partial charge in [0, 0.05) is 18.8 Å². The molecule has 8 heteroatoms. The second kappa shape index (κ2) is 9.29. The van der Waals surface area contributed by atoms with Crippen LogP contribution in [0.2, 0.25) is 0 Å². The smallest absolute Gasteiger partial charge is 0.306 e. The summed E-state index contributed by atoms with van der Waals surface area (Å²) in [5.41, 5.74) is 0. The van der Waals surface area contributed by atoms with Crippen LogP contribution in [0.5, 0.6) is 0 Å². The molecular formula is C16H23FN2O5. The minimum Gasteiger partial charge on any atom is -0.454 e. The summed E-state index contributed by atoms with van der Waals surface area (Å²) in [6.07, 6.45) is -2.59. The van der Waals surface area contributed by atoms with E-state index in [2.05, 4.69) is 18.2 Å². The van der Waals surface area contributed by atoms with Crippen molar-refractivity contribution in [3.63, 3.8) is 0 Å². The van der Waals surface area contributed by atoms with E-state index in [0.717, 1.165) is 0 Å². The van der Waals surface area contributed by atoms with Crippen molar-refractivity contribution in [3.05, 3.63) is 25.2 Å². The number of ether oxygens (including phenoxy) is 2. The van der Waals surface area contributed by atoms with Crippen LogP contribution in [0.3, 0.4) is 0 Å². The molecule has 0 bridgehead atoms. The molecular weight excluding hydrogens is 319 g/mol. The van der Waals surface area contributed by atoms with Crippen molar-refractivity contribution in [2.24, 2.45) is 4.99 Å². The fraction of sp³-hybridized carbons (Fsp3) is 0.562. The Morgan fingerprint density at radius 1 is 1.46 bits per heavy atom. The van der Waals surface area contributed by atoms with Gasteiger partial charge in [-0.2, -0.15) is 0 Å². The molecule has 0 amide bonds. The molecule has 1 N–H and O–H groups in total. The highest BCUT2D eigenvalue weighted by molar-refractivity contribution is 5.81. The van der Waals surface area contributed by atoms with Gasteiger partial charge < -0.3 is 24.3 Å². The minimum atomic E-state index is -1.73. The number of aliphatic hydroxyl groups excluding tert-OH is 1. The number of ketones is 1. The first-order valence-electron chi connectivity index (χ1n) is 7.53. The number of aliphatic hydroxyl groups is 1. The molecule has 1 rings (SSSR count). The van der Waals surface area contributed by atoms with Crippen molar-refractivity contribution in [1.29, 1.82) is 0 Å². The van der Waals surface area contributed by atoms with Crippen LogP contribution < -0.4 is 0 Å². The van der Waals surface area contributed by atoms with Gasteiger partial charge in [-0.25, -0.2) is 9.38 Å². The lowest BCUT2D eigenvalue weighted by atomic mass is 10.1. The molecule has 134 valence electrons. The normalized spacial score (nSPS) is 26.3. The SMILES string of the molecule is C=CN(C(=C)N=CC)[C@@H]1O[C@H](CO)C(F)C1OC(=O)CCC(C)=O. The van der Waals surface area contributed by atoms with Crippen LogP contribution in [-0.2, 0) is 19.1 Å². The van der Waals surface area contributed by atoms with Gasteiger partial charge in [0.25, 0.3) is 0 Å². The minimum absolute atomic E-state index is 0.00939. The van der Waals surface area contributed by atoms with Crippen LogP contribution in [-0.4, -0.2) is 59.2 Å². The monoisotopic (exact) mass is 342 g/mol. The molecule has 0 aromatic carbocycles. The molecule has 0 aromatic heterocycles. The van der Waals surface area contributed by atoms with Crippen molar-refractivity contribution in [3.8, 4) is 0 Å². The van der Waals surface area contributed by atoms with Crippen LogP contribution >= 0.6 is 0 Å². The largest absolute Gasteiger partial charge is 0.454 e. The van der Waals surface area contributed by atoms with E-state index in [-0.39, 0.29) is 24.4 Å². The Labute approximate surface area is 140 Å². The van der Waals surface area contributed by atoms with E-state index < -0.39 is 37.2 Å². The number of halogens is 1. The predicted octanol–water partition coefficient (Wildman–Crippen LogP) is 1.33. The van der Waals surface area contributed by atoms with Crippen molar-refractivity contribution in [1.82, 2.24) is 4.90 Å². The Balaban J connectivity index is 2.93. The molecule has 0 aliphatic carbocycles. The Bertz CT molecular complexity index is 523. The topological polar surface area (TPSA) is 88.4 Å². The fourth-order valence-corrected chi connectivity index (χ4v) is 2.25. The highest BCUT2D eigenvalue weighted by Gasteiger charge is 2.49. The Morgan fingerprint density at radius 3 is 2.62 bits per heavy atom. The molecule has 24 heavy (non-hydrogen) atoms. The van der Waals surface area contributed by atoms with Gasteiger partial charge in [0.15, 0.2) is 18.5 Å². The van der Waals surface area contributed by atoms with Crippen molar-refractivity contribution in [2.45, 2.75) is 51.3 Å². The highest BCUT2D eigenvalue weighted by atomic mass is 19.1. The van der Waals surface area contributed by atoms with Crippen molar-refractivity contribution >= 4 is 18.0 Å². The molecule has 1 aliphatic heterocycles. The quantitative estimate of drug-likeness (QED) is 0.502. The number of rotatable bonds is 9. The predicted molar refractivity (Wildman–Crippen MR) is 85.8 cm³/mol. The van der Waals surface area contributed by atoms with Crippen LogP contribution in [0.1, 0.15) is 26.7 Å². The van der Waals surface area contributed by atoms with Gasteiger partial charge in [0.05, 0.1) is 13.0 Å². The highest BCUT2D eigenvalue weighted by Crippen LogP contribution is 2.31. The molecule has 7 nitrogen and oxygen atoms in total. The summed E-state index contributed by atoms with van der Waals surface area (Å²) in [6, 6.07) is 0. The second-order valence-corrected chi connectivity index (χ2v) is 5.24. The van der Waals surface area contributed by atoms with E-state index in [9.17, 15) is 19.1 Å². The van der Waals surface area contributed by atoms with Gasteiger partial charge in [-0.15, -0.1) is 0 Å². The molecule has 2 unspecified atom stereocenters. The Kier molecular flexibility index (Phi) is 7.73. The maximum Gasteiger partial charge on any atom is 0.306 e. The number of hydrogen-bond acceptors (Lipinski definition) is 7. The van der Waals surface area contributed by atoms with E-state index in [1.54, 1.807) is 6.92 Å². The van der Waals surface area contributed by atoms with Crippen LogP contribution in [0, 0.1) is 0 Å². The molecule has 4 atom stereocenters. The third kappa shape index (κ3) is 4.97. The van der Waals surface area contributed by atoms with Gasteiger partial charge in [0.1, 0.15) is 17.7 Å². The number of hydrogen-bond donors (Lipinski definition) is 1. The summed E-state index contributed by atoms with van der Waals surface area (Å²) in [4.78, 5) is 28.1. The average molecular weight is 342 g/mol. The Morgan fingerprint density at radius 2 is 2.12 bits per heavy atom. The summed E-state index contributed by atoms with van der Waals surface area (Å²) in [5, 5.41) is 9.23. The zero-order chi connectivity index (χ0) is 18.3. The van der Waals surface area contributed by atoms with E-state index >= 15 is 0 Å². The number of alkyl halides is 1. The maximum atomic E-state index is 14.4. The van der Waals surface area contributed by atoms with Gasteiger partial charge in [-0.05, 0) is 13.8 Å². The number of carbonyl (C=O) groups excluding carboxylic acids is 2. The summed E-state index contributed by atoms with van der Waals surface area (Å²) >= 11 is 0. The lowest BCUT2D eigenvalue weighted by molar-refractivity contribution is -0.158. The Hall–Kier alpha value is -2.06. The number of nitrogens with zero attached hydrogens (tertiary/aromatic N) is 2. The molecule has 1 heterocycles. The maximum absolute atomic E-state index is 14.4. The van der Waals surface area contributed by atoms with Crippen LogP contribution in [0.15, 0.2) is 30.2 Å². The van der Waals surface area contributed by atoms with Crippen molar-refractivity contribution in [2.75, 3.05) is 6.61 Å². The number of carbonyl (C=O) groups is 2. The second-order valence-electron chi connectivity index (χ2n) is 5.24. The molecule has 0 radical (unpaired) electrons. The third-order valence-corrected chi connectivity index (χ3v) is 3.44. The number of esters is 1. The summed E-state index contributed by atoms with van der Waals surface area (Å²) in [6.45, 7) is 9.76. The van der Waals surface area contributed by atoms with Gasteiger partial charge in [-0.3, -0.25) is 4.79 Å². The molecule has 0 spiro atoms. The lowest BCUT2D eigenvalue weighted by Crippen LogP contribution is -2.42. The molecule has 1 saturated heterocycles. The standard InChI is InChI=1S/C16H23FN2O5/c1-5-18-11(4)19(6-2)16-15(14(17)12(9-20)23-16)24-13(22)8-7-10(3)21/h5-6,12,14-16,20H,2,4,7-9H2,1,3H3/t12-,14?,15?,16-/m1/s1. The molecule has 0 saturated carbocycles. The van der Waals surface area contributed by atoms with Gasteiger partial charge in [0.2, 0.25) is 0 Å². The third-order valence-electron chi connectivity index (χ3n) is 3.44. The first-order valence-corrected chi connectivity index (χ1v) is 7.53. The summed E-state index contributed by atoms with van der Waals surface area (Å²) in [7, 11) is 0. The van der Waals surface area contributed by atoms with Crippen LogP contribution in [0.25, 0.3) is 0 Å². The van der Waals surface area contributed by atoms with E-state index in [4.69, 9.17) is 9.47 Å². The van der Waals surface area contributed by atoms with Crippen molar-refractivity contribution < 1.29 is 28.6 Å². The average Bonchev–Trinajstić information content (AvgIpc) is 2.83.